The molecule has 0 amide bonds. The first kappa shape index (κ1) is 15.3. The largest absolute Gasteiger partial charge is 0.492 e. The fourth-order valence-electron chi connectivity index (χ4n) is 1.56. The molecular formula is C14H22ClNO2. The van der Waals surface area contributed by atoms with E-state index < -0.39 is 0 Å². The van der Waals surface area contributed by atoms with Gasteiger partial charge in [0.1, 0.15) is 5.75 Å². The fourth-order valence-corrected chi connectivity index (χ4v) is 1.85. The third-order valence-corrected chi connectivity index (χ3v) is 2.87. The van der Waals surface area contributed by atoms with Crippen LogP contribution in [0.5, 0.6) is 5.75 Å². The minimum atomic E-state index is 0.688. The molecule has 0 unspecified atom stereocenters. The minimum Gasteiger partial charge on any atom is -0.492 e. The first-order valence-corrected chi connectivity index (χ1v) is 6.70. The van der Waals surface area contributed by atoms with Gasteiger partial charge in [0.15, 0.2) is 0 Å². The van der Waals surface area contributed by atoms with Gasteiger partial charge < -0.3 is 14.8 Å². The first-order valence-electron chi connectivity index (χ1n) is 6.32. The molecule has 0 saturated heterocycles. The number of unbranched alkanes of at least 4 members (excludes halogenated alkanes) is 1. The van der Waals surface area contributed by atoms with Gasteiger partial charge in [-0.15, -0.1) is 0 Å². The van der Waals surface area contributed by atoms with E-state index >= 15 is 0 Å². The zero-order valence-electron chi connectivity index (χ0n) is 11.2. The molecule has 0 aliphatic carbocycles. The summed E-state index contributed by atoms with van der Waals surface area (Å²) in [6, 6.07) is 5.85. The summed E-state index contributed by atoms with van der Waals surface area (Å²) in [5.74, 6) is 0.773. The molecule has 0 fully saturated rings. The van der Waals surface area contributed by atoms with Gasteiger partial charge in [-0.25, -0.2) is 0 Å². The molecule has 1 aromatic carbocycles. The summed E-state index contributed by atoms with van der Waals surface area (Å²) < 4.78 is 10.6. The van der Waals surface area contributed by atoms with E-state index in [1.165, 1.54) is 0 Å². The second-order valence-electron chi connectivity index (χ2n) is 4.23. The molecule has 0 heterocycles. The van der Waals surface area contributed by atoms with E-state index in [-0.39, 0.29) is 0 Å². The second-order valence-corrected chi connectivity index (χ2v) is 4.64. The van der Waals surface area contributed by atoms with Gasteiger partial charge in [0.2, 0.25) is 0 Å². The molecule has 0 spiro atoms. The zero-order valence-corrected chi connectivity index (χ0v) is 11.9. The smallest absolute Gasteiger partial charge is 0.137 e. The van der Waals surface area contributed by atoms with Crippen LogP contribution < -0.4 is 10.1 Å². The molecular weight excluding hydrogens is 250 g/mol. The van der Waals surface area contributed by atoms with Crippen molar-refractivity contribution in [3.63, 3.8) is 0 Å². The van der Waals surface area contributed by atoms with E-state index in [1.807, 2.05) is 25.1 Å². The average Bonchev–Trinajstić information content (AvgIpc) is 2.35. The molecule has 4 heteroatoms. The van der Waals surface area contributed by atoms with E-state index in [0.717, 1.165) is 43.9 Å². The number of rotatable bonds is 9. The topological polar surface area (TPSA) is 30.5 Å². The van der Waals surface area contributed by atoms with Crippen molar-refractivity contribution in [2.45, 2.75) is 19.8 Å². The van der Waals surface area contributed by atoms with Crippen molar-refractivity contribution in [1.82, 2.24) is 5.32 Å². The number of ether oxygens (including phenoxy) is 2. The van der Waals surface area contributed by atoms with Crippen LogP contribution in [0, 0.1) is 6.92 Å². The van der Waals surface area contributed by atoms with Crippen LogP contribution in [0.4, 0.5) is 0 Å². The lowest BCUT2D eigenvalue weighted by Gasteiger charge is -2.08. The van der Waals surface area contributed by atoms with Crippen LogP contribution in [-0.4, -0.2) is 33.4 Å². The van der Waals surface area contributed by atoms with Gasteiger partial charge in [0.05, 0.1) is 18.2 Å². The average molecular weight is 272 g/mol. The van der Waals surface area contributed by atoms with Gasteiger partial charge in [0.25, 0.3) is 0 Å². The Bertz CT molecular complexity index is 345. The van der Waals surface area contributed by atoms with Gasteiger partial charge in [-0.05, 0) is 44.0 Å². The monoisotopic (exact) mass is 271 g/mol. The maximum Gasteiger partial charge on any atom is 0.137 e. The standard InChI is InChI=1S/C14H22ClNO2/c1-12-5-6-14(13(15)11-12)18-9-4-3-7-16-8-10-17-2/h5-6,11,16H,3-4,7-10H2,1-2H3. The number of methoxy groups -OCH3 is 1. The molecule has 1 N–H and O–H groups in total. The Morgan fingerprint density at radius 3 is 2.72 bits per heavy atom. The number of hydrogen-bond donors (Lipinski definition) is 1. The summed E-state index contributed by atoms with van der Waals surface area (Å²) in [6.07, 6.45) is 2.11. The molecule has 102 valence electrons. The highest BCUT2D eigenvalue weighted by molar-refractivity contribution is 6.32. The number of halogens is 1. The predicted octanol–water partition coefficient (Wildman–Crippen LogP) is 3.04. The Morgan fingerprint density at radius 1 is 1.17 bits per heavy atom. The predicted molar refractivity (Wildman–Crippen MR) is 75.7 cm³/mol. The molecule has 1 rings (SSSR count). The van der Waals surface area contributed by atoms with Gasteiger partial charge in [-0.2, -0.15) is 0 Å². The Balaban J connectivity index is 2.07. The van der Waals surface area contributed by atoms with Crippen molar-refractivity contribution in [3.05, 3.63) is 28.8 Å². The third-order valence-electron chi connectivity index (χ3n) is 2.58. The molecule has 0 bridgehead atoms. The number of benzene rings is 1. The lowest BCUT2D eigenvalue weighted by Crippen LogP contribution is -2.20. The van der Waals surface area contributed by atoms with Crippen LogP contribution in [-0.2, 0) is 4.74 Å². The molecule has 3 nitrogen and oxygen atoms in total. The molecule has 0 saturated carbocycles. The van der Waals surface area contributed by atoms with Crippen LogP contribution in [0.25, 0.3) is 0 Å². The van der Waals surface area contributed by atoms with Gasteiger partial charge in [-0.1, -0.05) is 17.7 Å². The van der Waals surface area contributed by atoms with Crippen molar-refractivity contribution < 1.29 is 9.47 Å². The van der Waals surface area contributed by atoms with Crippen LogP contribution in [0.15, 0.2) is 18.2 Å². The van der Waals surface area contributed by atoms with E-state index in [2.05, 4.69) is 5.32 Å². The van der Waals surface area contributed by atoms with E-state index in [4.69, 9.17) is 21.1 Å². The summed E-state index contributed by atoms with van der Waals surface area (Å²) in [5, 5.41) is 3.99. The van der Waals surface area contributed by atoms with Gasteiger partial charge >= 0.3 is 0 Å². The maximum atomic E-state index is 6.08. The van der Waals surface area contributed by atoms with Gasteiger partial charge in [0, 0.05) is 13.7 Å². The quantitative estimate of drug-likeness (QED) is 0.701. The molecule has 0 atom stereocenters. The van der Waals surface area contributed by atoms with Crippen LogP contribution in [0.3, 0.4) is 0 Å². The van der Waals surface area contributed by atoms with Crippen molar-refractivity contribution >= 4 is 11.6 Å². The normalized spacial score (nSPS) is 10.6. The summed E-state index contributed by atoms with van der Waals surface area (Å²) in [4.78, 5) is 0. The van der Waals surface area contributed by atoms with E-state index in [0.29, 0.717) is 11.6 Å². The van der Waals surface area contributed by atoms with Crippen LogP contribution in [0.2, 0.25) is 5.02 Å². The van der Waals surface area contributed by atoms with E-state index in [9.17, 15) is 0 Å². The molecule has 18 heavy (non-hydrogen) atoms. The first-order chi connectivity index (χ1) is 8.74. The Morgan fingerprint density at radius 2 is 2.00 bits per heavy atom. The summed E-state index contributed by atoms with van der Waals surface area (Å²) in [5.41, 5.74) is 1.15. The highest BCUT2D eigenvalue weighted by Crippen LogP contribution is 2.25. The maximum absolute atomic E-state index is 6.08. The summed E-state index contributed by atoms with van der Waals surface area (Å²) in [6.45, 7) is 5.38. The molecule has 0 aliphatic heterocycles. The SMILES string of the molecule is COCCNCCCCOc1ccc(C)cc1Cl. The lowest BCUT2D eigenvalue weighted by atomic mass is 10.2. The van der Waals surface area contributed by atoms with Crippen molar-refractivity contribution in [3.8, 4) is 5.75 Å². The lowest BCUT2D eigenvalue weighted by molar-refractivity contribution is 0.199. The molecule has 0 radical (unpaired) electrons. The van der Waals surface area contributed by atoms with Crippen LogP contribution in [0.1, 0.15) is 18.4 Å². The number of nitrogens with one attached hydrogen (secondary N) is 1. The summed E-state index contributed by atoms with van der Waals surface area (Å²) >= 11 is 6.08. The molecule has 1 aromatic rings. The third kappa shape index (κ3) is 6.24. The highest BCUT2D eigenvalue weighted by atomic mass is 35.5. The van der Waals surface area contributed by atoms with E-state index in [1.54, 1.807) is 7.11 Å². The van der Waals surface area contributed by atoms with Crippen molar-refractivity contribution in [2.24, 2.45) is 0 Å². The van der Waals surface area contributed by atoms with Crippen LogP contribution >= 0.6 is 11.6 Å². The minimum absolute atomic E-state index is 0.688. The Labute approximate surface area is 114 Å². The van der Waals surface area contributed by atoms with Crippen molar-refractivity contribution in [2.75, 3.05) is 33.4 Å². The Hall–Kier alpha value is -0.770. The number of aryl methyl sites for hydroxylation is 1. The van der Waals surface area contributed by atoms with Gasteiger partial charge in [-0.3, -0.25) is 0 Å². The fraction of sp³-hybridized carbons (Fsp3) is 0.571. The van der Waals surface area contributed by atoms with Crippen molar-refractivity contribution in [1.29, 1.82) is 0 Å². The second kappa shape index (κ2) is 9.20. The Kier molecular flexibility index (Phi) is 7.81. The zero-order chi connectivity index (χ0) is 13.2. The molecule has 0 aliphatic rings. The molecule has 0 aromatic heterocycles. The summed E-state index contributed by atoms with van der Waals surface area (Å²) in [7, 11) is 1.71. The number of hydrogen-bond acceptors (Lipinski definition) is 3. The highest BCUT2D eigenvalue weighted by Gasteiger charge is 2.00.